The minimum atomic E-state index is 0.472. The SMILES string of the molecule is CCC(CC)c1cc(CNC(=NC)NCCCc2c[nH]c3ccccc23)on1. The summed E-state index contributed by atoms with van der Waals surface area (Å²) in [6.07, 6.45) is 6.32. The number of aliphatic imine (C=N–C) groups is 1. The number of H-pyrrole nitrogens is 1. The fraction of sp³-hybridized carbons (Fsp3) is 0.455. The van der Waals surface area contributed by atoms with Crippen molar-refractivity contribution in [1.82, 2.24) is 20.8 Å². The Bertz CT molecular complexity index is 891. The largest absolute Gasteiger partial charge is 0.361 e. The molecule has 0 saturated carbocycles. The van der Waals surface area contributed by atoms with E-state index in [1.165, 1.54) is 16.5 Å². The Labute approximate surface area is 166 Å². The number of guanidine groups is 1. The van der Waals surface area contributed by atoms with Gasteiger partial charge in [-0.2, -0.15) is 0 Å². The molecule has 0 atom stereocenters. The van der Waals surface area contributed by atoms with Gasteiger partial charge in [0.15, 0.2) is 11.7 Å². The highest BCUT2D eigenvalue weighted by Gasteiger charge is 2.13. The maximum atomic E-state index is 5.46. The molecule has 0 spiro atoms. The van der Waals surface area contributed by atoms with Crippen molar-refractivity contribution in [3.8, 4) is 0 Å². The van der Waals surface area contributed by atoms with Crippen LogP contribution in [0.25, 0.3) is 10.9 Å². The normalized spacial score (nSPS) is 12.1. The van der Waals surface area contributed by atoms with E-state index in [1.807, 2.05) is 0 Å². The Morgan fingerprint density at radius 3 is 2.82 bits per heavy atom. The Hall–Kier alpha value is -2.76. The predicted molar refractivity (Wildman–Crippen MR) is 115 cm³/mol. The van der Waals surface area contributed by atoms with Gasteiger partial charge in [-0.3, -0.25) is 4.99 Å². The lowest BCUT2D eigenvalue weighted by atomic mass is 9.99. The highest BCUT2D eigenvalue weighted by molar-refractivity contribution is 5.83. The summed E-state index contributed by atoms with van der Waals surface area (Å²) < 4.78 is 5.46. The monoisotopic (exact) mass is 381 g/mol. The van der Waals surface area contributed by atoms with Crippen LogP contribution in [0.5, 0.6) is 0 Å². The molecule has 0 radical (unpaired) electrons. The Morgan fingerprint density at radius 2 is 2.04 bits per heavy atom. The van der Waals surface area contributed by atoms with Gasteiger partial charge in [0, 0.05) is 42.7 Å². The molecule has 2 aromatic heterocycles. The maximum Gasteiger partial charge on any atom is 0.191 e. The Kier molecular flexibility index (Phi) is 7.12. The number of fused-ring (bicyclic) bond motifs is 1. The first-order valence-electron chi connectivity index (χ1n) is 10.2. The second-order valence-electron chi connectivity index (χ2n) is 7.05. The van der Waals surface area contributed by atoms with E-state index in [2.05, 4.69) is 76.1 Å². The molecular formula is C22H31N5O. The first-order chi connectivity index (χ1) is 13.7. The number of aryl methyl sites for hydroxylation is 1. The fourth-order valence-electron chi connectivity index (χ4n) is 3.53. The zero-order valence-corrected chi connectivity index (χ0v) is 17.1. The van der Waals surface area contributed by atoms with E-state index in [-0.39, 0.29) is 0 Å². The lowest BCUT2D eigenvalue weighted by Crippen LogP contribution is -2.37. The number of hydrogen-bond donors (Lipinski definition) is 3. The summed E-state index contributed by atoms with van der Waals surface area (Å²) in [5.74, 6) is 2.09. The van der Waals surface area contributed by atoms with Crippen LogP contribution in [-0.2, 0) is 13.0 Å². The van der Waals surface area contributed by atoms with Crippen LogP contribution in [0.1, 0.15) is 56.0 Å². The molecule has 0 aliphatic carbocycles. The molecule has 0 aliphatic heterocycles. The lowest BCUT2D eigenvalue weighted by Gasteiger charge is -2.10. The second kappa shape index (κ2) is 9.97. The quantitative estimate of drug-likeness (QED) is 0.292. The van der Waals surface area contributed by atoms with Gasteiger partial charge in [0.2, 0.25) is 0 Å². The molecule has 0 fully saturated rings. The minimum absolute atomic E-state index is 0.472. The van der Waals surface area contributed by atoms with Gasteiger partial charge >= 0.3 is 0 Å². The number of nitrogens with zero attached hydrogens (tertiary/aromatic N) is 2. The summed E-state index contributed by atoms with van der Waals surface area (Å²) in [5, 5.41) is 12.2. The third-order valence-corrected chi connectivity index (χ3v) is 5.22. The van der Waals surface area contributed by atoms with Gasteiger partial charge in [-0.1, -0.05) is 37.2 Å². The highest BCUT2D eigenvalue weighted by Crippen LogP contribution is 2.22. The van der Waals surface area contributed by atoms with Crippen LogP contribution in [0.4, 0.5) is 0 Å². The number of rotatable bonds is 9. The van der Waals surface area contributed by atoms with Gasteiger partial charge in [-0.25, -0.2) is 0 Å². The number of para-hydroxylation sites is 1. The molecule has 0 amide bonds. The van der Waals surface area contributed by atoms with Crippen LogP contribution in [0.2, 0.25) is 0 Å². The third-order valence-electron chi connectivity index (χ3n) is 5.22. The van der Waals surface area contributed by atoms with Gasteiger partial charge < -0.3 is 20.1 Å². The summed E-state index contributed by atoms with van der Waals surface area (Å²) in [5.41, 5.74) is 3.60. The average Bonchev–Trinajstić information content (AvgIpc) is 3.36. The Morgan fingerprint density at radius 1 is 1.21 bits per heavy atom. The van der Waals surface area contributed by atoms with Crippen molar-refractivity contribution >= 4 is 16.9 Å². The number of aromatic nitrogens is 2. The third kappa shape index (κ3) is 4.94. The van der Waals surface area contributed by atoms with Gasteiger partial charge in [0.25, 0.3) is 0 Å². The summed E-state index contributed by atoms with van der Waals surface area (Å²) >= 11 is 0. The van der Waals surface area contributed by atoms with E-state index >= 15 is 0 Å². The molecule has 1 aromatic carbocycles. The average molecular weight is 382 g/mol. The van der Waals surface area contributed by atoms with Crippen LogP contribution < -0.4 is 10.6 Å². The molecule has 0 unspecified atom stereocenters. The first kappa shape index (κ1) is 20.0. The standard InChI is InChI=1S/C22H31N5O/c1-4-16(5-2)21-13-18(28-27-21)15-26-22(23-3)24-12-8-9-17-14-25-20-11-7-6-10-19(17)20/h6-7,10-11,13-14,16,25H,4-5,8-9,12,15H2,1-3H3,(H2,23,24,26). The zero-order valence-electron chi connectivity index (χ0n) is 17.1. The van der Waals surface area contributed by atoms with E-state index < -0.39 is 0 Å². The molecule has 0 bridgehead atoms. The van der Waals surface area contributed by atoms with Crippen molar-refractivity contribution in [3.63, 3.8) is 0 Å². The summed E-state index contributed by atoms with van der Waals surface area (Å²) in [4.78, 5) is 7.62. The molecule has 3 rings (SSSR count). The van der Waals surface area contributed by atoms with Crippen molar-refractivity contribution in [2.45, 2.75) is 52.0 Å². The molecule has 0 saturated heterocycles. The topological polar surface area (TPSA) is 78.2 Å². The van der Waals surface area contributed by atoms with Crippen LogP contribution in [0.15, 0.2) is 46.0 Å². The minimum Gasteiger partial charge on any atom is -0.361 e. The summed E-state index contributed by atoms with van der Waals surface area (Å²) in [7, 11) is 1.78. The molecule has 6 nitrogen and oxygen atoms in total. The molecule has 3 N–H and O–H groups in total. The van der Waals surface area contributed by atoms with Crippen LogP contribution in [0, 0.1) is 0 Å². The molecule has 28 heavy (non-hydrogen) atoms. The molecule has 2 heterocycles. The molecule has 150 valence electrons. The smallest absolute Gasteiger partial charge is 0.191 e. The van der Waals surface area contributed by atoms with Gasteiger partial charge in [-0.05, 0) is 37.3 Å². The van der Waals surface area contributed by atoms with E-state index in [0.29, 0.717) is 12.5 Å². The predicted octanol–water partition coefficient (Wildman–Crippen LogP) is 4.36. The first-order valence-corrected chi connectivity index (χ1v) is 10.2. The molecular weight excluding hydrogens is 350 g/mol. The van der Waals surface area contributed by atoms with Gasteiger partial charge in [-0.15, -0.1) is 0 Å². The maximum absolute atomic E-state index is 5.46. The van der Waals surface area contributed by atoms with E-state index in [0.717, 1.165) is 49.6 Å². The van der Waals surface area contributed by atoms with Crippen molar-refractivity contribution < 1.29 is 4.52 Å². The van der Waals surface area contributed by atoms with Crippen LogP contribution >= 0.6 is 0 Å². The zero-order chi connectivity index (χ0) is 19.8. The van der Waals surface area contributed by atoms with Crippen molar-refractivity contribution in [2.75, 3.05) is 13.6 Å². The highest BCUT2D eigenvalue weighted by atomic mass is 16.5. The van der Waals surface area contributed by atoms with Crippen LogP contribution in [-0.4, -0.2) is 29.7 Å². The fourth-order valence-corrected chi connectivity index (χ4v) is 3.53. The second-order valence-corrected chi connectivity index (χ2v) is 7.05. The number of hydrogen-bond acceptors (Lipinski definition) is 3. The summed E-state index contributed by atoms with van der Waals surface area (Å²) in [6, 6.07) is 10.5. The van der Waals surface area contributed by atoms with Gasteiger partial charge in [0.05, 0.1) is 12.2 Å². The van der Waals surface area contributed by atoms with Crippen molar-refractivity contribution in [2.24, 2.45) is 4.99 Å². The summed E-state index contributed by atoms with van der Waals surface area (Å²) in [6.45, 7) is 5.80. The van der Waals surface area contributed by atoms with E-state index in [9.17, 15) is 0 Å². The molecule has 0 aliphatic rings. The molecule has 3 aromatic rings. The van der Waals surface area contributed by atoms with E-state index in [4.69, 9.17) is 4.52 Å². The van der Waals surface area contributed by atoms with Crippen molar-refractivity contribution in [1.29, 1.82) is 0 Å². The number of nitrogens with one attached hydrogen (secondary N) is 3. The number of aromatic amines is 1. The van der Waals surface area contributed by atoms with Crippen molar-refractivity contribution in [3.05, 3.63) is 53.5 Å². The van der Waals surface area contributed by atoms with E-state index in [1.54, 1.807) is 7.05 Å². The van der Waals surface area contributed by atoms with Gasteiger partial charge in [0.1, 0.15) is 0 Å². The Balaban J connectivity index is 1.42. The lowest BCUT2D eigenvalue weighted by molar-refractivity contribution is 0.368. The number of benzene rings is 1. The van der Waals surface area contributed by atoms with Crippen LogP contribution in [0.3, 0.4) is 0 Å². The molecule has 6 heteroatoms.